The maximum absolute atomic E-state index is 3.68. The van der Waals surface area contributed by atoms with Crippen molar-refractivity contribution in [2.75, 3.05) is 6.54 Å². The van der Waals surface area contributed by atoms with Gasteiger partial charge in [-0.3, -0.25) is 0 Å². The maximum Gasteiger partial charge on any atom is 0.0446 e. The van der Waals surface area contributed by atoms with E-state index in [4.69, 9.17) is 0 Å². The fourth-order valence-corrected chi connectivity index (χ4v) is 4.21. The van der Waals surface area contributed by atoms with E-state index in [1.165, 1.54) is 23.3 Å². The van der Waals surface area contributed by atoms with Crippen LogP contribution in [0, 0.1) is 13.8 Å². The van der Waals surface area contributed by atoms with Crippen LogP contribution in [0.4, 0.5) is 0 Å². The van der Waals surface area contributed by atoms with Gasteiger partial charge in [-0.05, 0) is 43.5 Å². The molecule has 0 amide bonds. The molecular formula is C15H23NS. The zero-order valence-corrected chi connectivity index (χ0v) is 12.2. The van der Waals surface area contributed by atoms with E-state index in [1.807, 2.05) is 0 Å². The Balaban J connectivity index is 2.44. The molecule has 2 atom stereocenters. The van der Waals surface area contributed by atoms with Crippen molar-refractivity contribution in [2.45, 2.75) is 51.2 Å². The number of fused-ring (bicyclic) bond motifs is 1. The van der Waals surface area contributed by atoms with Crippen molar-refractivity contribution in [2.24, 2.45) is 0 Å². The molecular weight excluding hydrogens is 226 g/mol. The van der Waals surface area contributed by atoms with Crippen LogP contribution in [-0.2, 0) is 5.75 Å². The lowest BCUT2D eigenvalue weighted by molar-refractivity contribution is 0.511. The van der Waals surface area contributed by atoms with E-state index < -0.39 is 0 Å². The molecule has 2 rings (SSSR count). The van der Waals surface area contributed by atoms with Crippen LogP contribution >= 0.6 is 11.8 Å². The zero-order chi connectivity index (χ0) is 12.4. The summed E-state index contributed by atoms with van der Waals surface area (Å²) in [7, 11) is 0. The summed E-state index contributed by atoms with van der Waals surface area (Å²) in [6.45, 7) is 10.0. The van der Waals surface area contributed by atoms with Gasteiger partial charge < -0.3 is 5.32 Å². The predicted octanol–water partition coefficient (Wildman–Crippen LogP) is 3.98. The Morgan fingerprint density at radius 3 is 2.71 bits per heavy atom. The lowest BCUT2D eigenvalue weighted by Gasteiger charge is -2.34. The molecule has 0 radical (unpaired) electrons. The largest absolute Gasteiger partial charge is 0.309 e. The average Bonchev–Trinajstić information content (AvgIpc) is 2.29. The number of nitrogens with one attached hydrogen (secondary N) is 1. The molecule has 1 heterocycles. The first-order chi connectivity index (χ1) is 8.17. The van der Waals surface area contributed by atoms with Gasteiger partial charge in [-0.15, -0.1) is 0 Å². The second-order valence-electron chi connectivity index (χ2n) is 4.95. The summed E-state index contributed by atoms with van der Waals surface area (Å²) in [4.78, 5) is 0. The van der Waals surface area contributed by atoms with Crippen molar-refractivity contribution < 1.29 is 0 Å². The van der Waals surface area contributed by atoms with Crippen LogP contribution in [0.5, 0.6) is 0 Å². The molecule has 2 heteroatoms. The van der Waals surface area contributed by atoms with Gasteiger partial charge in [0, 0.05) is 17.0 Å². The van der Waals surface area contributed by atoms with E-state index in [1.54, 1.807) is 11.1 Å². The van der Waals surface area contributed by atoms with Gasteiger partial charge >= 0.3 is 0 Å². The second-order valence-corrected chi connectivity index (χ2v) is 6.18. The summed E-state index contributed by atoms with van der Waals surface area (Å²) in [5.74, 6) is 1.18. The Morgan fingerprint density at radius 2 is 2.06 bits per heavy atom. The molecule has 1 aliphatic rings. The highest BCUT2D eigenvalue weighted by atomic mass is 32.2. The predicted molar refractivity (Wildman–Crippen MR) is 77.7 cm³/mol. The third-order valence-corrected chi connectivity index (χ3v) is 5.09. The Kier molecular flexibility index (Phi) is 4.16. The molecule has 1 aromatic rings. The molecule has 0 fully saturated rings. The molecule has 1 nitrogen and oxygen atoms in total. The summed E-state index contributed by atoms with van der Waals surface area (Å²) in [5.41, 5.74) is 5.97. The average molecular weight is 249 g/mol. The molecule has 1 aromatic carbocycles. The van der Waals surface area contributed by atoms with E-state index >= 15 is 0 Å². The van der Waals surface area contributed by atoms with Gasteiger partial charge in [0.2, 0.25) is 0 Å². The van der Waals surface area contributed by atoms with Gasteiger partial charge in [-0.1, -0.05) is 31.5 Å². The number of thioether (sulfide) groups is 1. The Morgan fingerprint density at radius 1 is 1.29 bits per heavy atom. The van der Waals surface area contributed by atoms with E-state index in [9.17, 15) is 0 Å². The van der Waals surface area contributed by atoms with Crippen molar-refractivity contribution in [3.05, 3.63) is 34.4 Å². The monoisotopic (exact) mass is 249 g/mol. The van der Waals surface area contributed by atoms with E-state index in [0.29, 0.717) is 6.04 Å². The molecule has 1 aliphatic heterocycles. The third kappa shape index (κ3) is 2.53. The standard InChI is InChI=1S/C15H23NS/c1-5-13-15(16-6-2)14-11(4)7-10(3)8-12(14)9-17-13/h7-8,13,15-16H,5-6,9H2,1-4H3. The highest BCUT2D eigenvalue weighted by Gasteiger charge is 2.29. The molecule has 0 bridgehead atoms. The minimum Gasteiger partial charge on any atom is -0.309 e. The molecule has 0 spiro atoms. The van der Waals surface area contributed by atoms with Crippen LogP contribution in [0.15, 0.2) is 12.1 Å². The minimum atomic E-state index is 0.541. The van der Waals surface area contributed by atoms with E-state index in [2.05, 4.69) is 56.9 Å². The fourth-order valence-electron chi connectivity index (χ4n) is 2.92. The van der Waals surface area contributed by atoms with E-state index in [-0.39, 0.29) is 0 Å². The molecule has 1 N–H and O–H groups in total. The molecule has 0 saturated heterocycles. The highest BCUT2D eigenvalue weighted by Crippen LogP contribution is 2.41. The Hall–Kier alpha value is -0.470. The topological polar surface area (TPSA) is 12.0 Å². The van der Waals surface area contributed by atoms with Crippen LogP contribution in [-0.4, -0.2) is 11.8 Å². The molecule has 0 saturated carbocycles. The van der Waals surface area contributed by atoms with Crippen LogP contribution in [0.25, 0.3) is 0 Å². The Labute approximate surface area is 109 Å². The molecule has 17 heavy (non-hydrogen) atoms. The van der Waals surface area contributed by atoms with E-state index in [0.717, 1.165) is 11.8 Å². The third-order valence-electron chi connectivity index (χ3n) is 3.58. The first-order valence-corrected chi connectivity index (χ1v) is 7.67. The number of hydrogen-bond donors (Lipinski definition) is 1. The number of hydrogen-bond acceptors (Lipinski definition) is 2. The summed E-state index contributed by atoms with van der Waals surface area (Å²) in [6, 6.07) is 5.23. The zero-order valence-electron chi connectivity index (χ0n) is 11.3. The molecule has 2 unspecified atom stereocenters. The lowest BCUT2D eigenvalue weighted by atomic mass is 9.91. The summed E-state index contributed by atoms with van der Waals surface area (Å²) in [6.07, 6.45) is 1.25. The SMILES string of the molecule is CCNC1c2c(C)cc(C)cc2CSC1CC. The van der Waals surface area contributed by atoms with Crippen LogP contribution in [0.3, 0.4) is 0 Å². The molecule has 0 aliphatic carbocycles. The van der Waals surface area contributed by atoms with Crippen molar-refractivity contribution in [3.63, 3.8) is 0 Å². The van der Waals surface area contributed by atoms with Crippen molar-refractivity contribution in [1.82, 2.24) is 5.32 Å². The van der Waals surface area contributed by atoms with Gasteiger partial charge in [-0.2, -0.15) is 11.8 Å². The van der Waals surface area contributed by atoms with Crippen molar-refractivity contribution >= 4 is 11.8 Å². The summed E-state index contributed by atoms with van der Waals surface area (Å²) in [5, 5.41) is 4.41. The van der Waals surface area contributed by atoms with Crippen LogP contribution in [0.1, 0.15) is 48.6 Å². The van der Waals surface area contributed by atoms with Gasteiger partial charge in [0.15, 0.2) is 0 Å². The summed E-state index contributed by atoms with van der Waals surface area (Å²) >= 11 is 2.11. The van der Waals surface area contributed by atoms with Crippen LogP contribution in [0.2, 0.25) is 0 Å². The number of aryl methyl sites for hydroxylation is 2. The Bertz CT molecular complexity index is 400. The second kappa shape index (κ2) is 5.45. The van der Waals surface area contributed by atoms with Gasteiger partial charge in [0.1, 0.15) is 0 Å². The van der Waals surface area contributed by atoms with Gasteiger partial charge in [-0.25, -0.2) is 0 Å². The molecule has 0 aromatic heterocycles. The minimum absolute atomic E-state index is 0.541. The van der Waals surface area contributed by atoms with Crippen molar-refractivity contribution in [3.8, 4) is 0 Å². The van der Waals surface area contributed by atoms with Crippen LogP contribution < -0.4 is 5.32 Å². The normalized spacial score (nSPS) is 23.5. The number of rotatable bonds is 3. The maximum atomic E-state index is 3.68. The van der Waals surface area contributed by atoms with Gasteiger partial charge in [0.05, 0.1) is 0 Å². The first-order valence-electron chi connectivity index (χ1n) is 6.62. The quantitative estimate of drug-likeness (QED) is 0.869. The van der Waals surface area contributed by atoms with Gasteiger partial charge in [0.25, 0.3) is 0 Å². The summed E-state index contributed by atoms with van der Waals surface area (Å²) < 4.78 is 0. The molecule has 94 valence electrons. The van der Waals surface area contributed by atoms with Crippen molar-refractivity contribution in [1.29, 1.82) is 0 Å². The fraction of sp³-hybridized carbons (Fsp3) is 0.600. The first kappa shape index (κ1) is 13.0. The highest BCUT2D eigenvalue weighted by molar-refractivity contribution is 7.99. The smallest absolute Gasteiger partial charge is 0.0446 e. The lowest BCUT2D eigenvalue weighted by Crippen LogP contribution is -2.33. The number of benzene rings is 1.